The fraction of sp³-hybridized carbons (Fsp3) is 0.433. The Balaban J connectivity index is 2.00. The lowest BCUT2D eigenvalue weighted by molar-refractivity contribution is -0.288. The third-order valence-electron chi connectivity index (χ3n) is 5.76. The highest BCUT2D eigenvalue weighted by Crippen LogP contribution is 2.35. The Labute approximate surface area is 253 Å². The van der Waals surface area contributed by atoms with Crippen molar-refractivity contribution in [3.63, 3.8) is 0 Å². The topological polar surface area (TPSA) is 159 Å². The van der Waals surface area contributed by atoms with E-state index < -0.39 is 94.8 Å². The highest BCUT2D eigenvalue weighted by atomic mass is 16.7. The summed E-state index contributed by atoms with van der Waals surface area (Å²) in [7, 11) is 0. The van der Waals surface area contributed by atoms with Crippen molar-refractivity contribution >= 4 is 29.8 Å². The standard InChI is InChI=1S/C30H34O13/c1-6-36-26(35)16-38-22-13-11-21(12-14-22)23-9-7-8-10-24(23)42-30-29(41-20(5)34)28(40-19(4)33)27(39-18(3)32)25(43-30)15-37-17(2)31/h7-14,25,27-30H,6,15-16H2,1-5H3/t25-,27-,28+,29+,30?/m1/s1/i2D,3D,4D,5D. The van der Waals surface area contributed by atoms with Gasteiger partial charge < -0.3 is 37.9 Å². The minimum absolute atomic E-state index is 0.165. The molecule has 0 amide bonds. The summed E-state index contributed by atoms with van der Waals surface area (Å²) in [5.74, 6) is -4.22. The molecule has 0 saturated carbocycles. The molecule has 1 aliphatic rings. The molecule has 1 saturated heterocycles. The predicted octanol–water partition coefficient (Wildman–Crippen LogP) is 2.76. The maximum Gasteiger partial charge on any atom is 0.344 e. The Hall–Kier alpha value is -4.65. The van der Waals surface area contributed by atoms with E-state index in [0.717, 1.165) is 0 Å². The average molecular weight is 607 g/mol. The van der Waals surface area contributed by atoms with Crippen LogP contribution in [0.25, 0.3) is 11.1 Å². The van der Waals surface area contributed by atoms with E-state index in [1.54, 1.807) is 55.5 Å². The number of esters is 5. The number of carbonyl (C=O) groups is 5. The summed E-state index contributed by atoms with van der Waals surface area (Å²) in [6.45, 7) is -2.35. The molecule has 43 heavy (non-hydrogen) atoms. The first-order valence-electron chi connectivity index (χ1n) is 15.7. The second-order valence-electron chi connectivity index (χ2n) is 8.82. The number of ether oxygens (including phenoxy) is 8. The second kappa shape index (κ2) is 15.5. The quantitative estimate of drug-likeness (QED) is 0.257. The SMILES string of the molecule is [2H]CC(=O)OC[C@H]1OC(Oc2ccccc2-c2ccc(OCC(=O)OCC)cc2)[C@@H](OC(=O)C[2H])[C@@H](OC(=O)C[2H])[C@@H]1OC(=O)C[2H]. The number of rotatable bonds is 12. The van der Waals surface area contributed by atoms with Crippen molar-refractivity contribution in [1.82, 2.24) is 0 Å². The van der Waals surface area contributed by atoms with E-state index in [1.165, 1.54) is 0 Å². The predicted molar refractivity (Wildman–Crippen MR) is 147 cm³/mol. The minimum atomic E-state index is -1.69. The van der Waals surface area contributed by atoms with Gasteiger partial charge in [-0.25, -0.2) is 4.79 Å². The lowest BCUT2D eigenvalue weighted by Gasteiger charge is -2.44. The van der Waals surface area contributed by atoms with Gasteiger partial charge in [0, 0.05) is 38.6 Å². The normalized spacial score (nSPS) is 22.3. The Kier molecular flexibility index (Phi) is 9.83. The zero-order valence-corrected chi connectivity index (χ0v) is 23.3. The van der Waals surface area contributed by atoms with Crippen molar-refractivity contribution in [2.24, 2.45) is 0 Å². The third-order valence-corrected chi connectivity index (χ3v) is 5.76. The van der Waals surface area contributed by atoms with Gasteiger partial charge >= 0.3 is 29.8 Å². The maximum absolute atomic E-state index is 12.4. The van der Waals surface area contributed by atoms with Gasteiger partial charge in [-0.15, -0.1) is 0 Å². The number of hydrogen-bond acceptors (Lipinski definition) is 13. The molecule has 0 radical (unpaired) electrons. The van der Waals surface area contributed by atoms with Crippen LogP contribution in [0.15, 0.2) is 48.5 Å². The Morgan fingerprint density at radius 1 is 0.767 bits per heavy atom. The molecule has 1 fully saturated rings. The zero-order valence-electron chi connectivity index (χ0n) is 27.3. The molecule has 0 spiro atoms. The van der Waals surface area contributed by atoms with Crippen LogP contribution >= 0.6 is 0 Å². The summed E-state index contributed by atoms with van der Waals surface area (Å²) < 4.78 is 73.1. The third kappa shape index (κ3) is 9.70. The largest absolute Gasteiger partial charge is 0.482 e. The molecule has 0 N–H and O–H groups in total. The van der Waals surface area contributed by atoms with Gasteiger partial charge in [0.1, 0.15) is 24.2 Å². The lowest BCUT2D eigenvalue weighted by atomic mass is 9.98. The van der Waals surface area contributed by atoms with Crippen molar-refractivity contribution in [1.29, 1.82) is 0 Å². The lowest BCUT2D eigenvalue weighted by Crippen LogP contribution is -2.63. The molecule has 13 nitrogen and oxygen atoms in total. The van der Waals surface area contributed by atoms with Gasteiger partial charge in [0.05, 0.1) is 6.61 Å². The van der Waals surface area contributed by atoms with Gasteiger partial charge in [0.15, 0.2) is 18.8 Å². The molecule has 2 aromatic carbocycles. The molecule has 0 aromatic heterocycles. The number of hydrogen-bond donors (Lipinski definition) is 0. The smallest absolute Gasteiger partial charge is 0.344 e. The second-order valence-corrected chi connectivity index (χ2v) is 8.82. The summed E-state index contributed by atoms with van der Waals surface area (Å²) >= 11 is 0. The maximum atomic E-state index is 12.4. The molecule has 2 aromatic rings. The van der Waals surface area contributed by atoms with Crippen molar-refractivity contribution in [2.45, 2.75) is 65.2 Å². The first kappa shape index (κ1) is 27.2. The van der Waals surface area contributed by atoms with Crippen LogP contribution in [0.3, 0.4) is 0 Å². The van der Waals surface area contributed by atoms with E-state index in [1.807, 2.05) is 0 Å². The van der Waals surface area contributed by atoms with Crippen LogP contribution in [0.5, 0.6) is 11.5 Å². The van der Waals surface area contributed by atoms with Gasteiger partial charge in [0.2, 0.25) is 12.4 Å². The van der Waals surface area contributed by atoms with Gasteiger partial charge in [-0.2, -0.15) is 0 Å². The van der Waals surface area contributed by atoms with Crippen molar-refractivity contribution in [3.8, 4) is 22.6 Å². The van der Waals surface area contributed by atoms with Crippen LogP contribution in [0.2, 0.25) is 0 Å². The van der Waals surface area contributed by atoms with Gasteiger partial charge in [-0.05, 0) is 30.7 Å². The molecule has 3 rings (SSSR count). The first-order chi connectivity index (χ1) is 22.6. The number of para-hydroxylation sites is 1. The molecule has 1 aliphatic heterocycles. The average Bonchev–Trinajstić information content (AvgIpc) is 3.09. The van der Waals surface area contributed by atoms with Crippen molar-refractivity contribution in [2.75, 3.05) is 19.8 Å². The Morgan fingerprint density at radius 3 is 2.05 bits per heavy atom. The number of benzene rings is 2. The van der Waals surface area contributed by atoms with Crippen LogP contribution in [-0.4, -0.2) is 80.4 Å². The molecule has 0 bridgehead atoms. The summed E-state index contributed by atoms with van der Waals surface area (Å²) in [6.07, 6.45) is -8.05. The van der Waals surface area contributed by atoms with Crippen LogP contribution in [-0.2, 0) is 52.4 Å². The van der Waals surface area contributed by atoms with E-state index in [0.29, 0.717) is 16.9 Å². The van der Waals surface area contributed by atoms with E-state index in [4.69, 9.17) is 43.4 Å². The van der Waals surface area contributed by atoms with Gasteiger partial charge in [-0.1, -0.05) is 30.3 Å². The molecule has 0 aliphatic carbocycles. The minimum Gasteiger partial charge on any atom is -0.482 e. The highest BCUT2D eigenvalue weighted by molar-refractivity contribution is 5.72. The van der Waals surface area contributed by atoms with Crippen LogP contribution in [0.1, 0.15) is 40.0 Å². The molecule has 232 valence electrons. The van der Waals surface area contributed by atoms with E-state index in [2.05, 4.69) is 0 Å². The fourth-order valence-electron chi connectivity index (χ4n) is 4.15. The summed E-state index contributed by atoms with van der Waals surface area (Å²) in [5, 5.41) is 0. The van der Waals surface area contributed by atoms with Crippen LogP contribution in [0.4, 0.5) is 0 Å². The van der Waals surface area contributed by atoms with Gasteiger partial charge in [-0.3, -0.25) is 19.2 Å². The fourth-order valence-corrected chi connectivity index (χ4v) is 4.15. The summed E-state index contributed by atoms with van der Waals surface area (Å²) in [5.41, 5.74) is 1.11. The summed E-state index contributed by atoms with van der Waals surface area (Å²) in [6, 6.07) is 13.2. The molecular formula is C30H34O13. The summed E-state index contributed by atoms with van der Waals surface area (Å²) in [4.78, 5) is 60.4. The Bertz CT molecular complexity index is 1370. The van der Waals surface area contributed by atoms with Crippen molar-refractivity contribution < 1.29 is 67.4 Å². The van der Waals surface area contributed by atoms with E-state index >= 15 is 0 Å². The van der Waals surface area contributed by atoms with E-state index in [9.17, 15) is 24.0 Å². The monoisotopic (exact) mass is 606 g/mol. The first-order valence-corrected chi connectivity index (χ1v) is 12.8. The molecule has 1 unspecified atom stereocenters. The molecule has 5 atom stereocenters. The van der Waals surface area contributed by atoms with Crippen LogP contribution < -0.4 is 9.47 Å². The molecule has 1 heterocycles. The molecular weight excluding hydrogens is 568 g/mol. The van der Waals surface area contributed by atoms with Crippen LogP contribution in [0, 0.1) is 0 Å². The highest BCUT2D eigenvalue weighted by Gasteiger charge is 2.53. The molecule has 13 heteroatoms. The van der Waals surface area contributed by atoms with Crippen molar-refractivity contribution in [3.05, 3.63) is 48.5 Å². The number of carbonyl (C=O) groups excluding carboxylic acids is 5. The Morgan fingerprint density at radius 2 is 1.40 bits per heavy atom. The van der Waals surface area contributed by atoms with E-state index in [-0.39, 0.29) is 19.0 Å². The van der Waals surface area contributed by atoms with Gasteiger partial charge in [0.25, 0.3) is 0 Å². The zero-order chi connectivity index (χ0) is 34.3.